The van der Waals surface area contributed by atoms with E-state index in [1.165, 1.54) is 11.1 Å². The molecule has 0 bridgehead atoms. The number of hydrogen-bond acceptors (Lipinski definition) is 4. The lowest BCUT2D eigenvalue weighted by Crippen LogP contribution is -2.47. The molecular weight excluding hydrogens is 270 g/mol. The number of aromatic nitrogens is 1. The lowest BCUT2D eigenvalue weighted by atomic mass is 9.95. The van der Waals surface area contributed by atoms with Gasteiger partial charge in [-0.2, -0.15) is 0 Å². The number of amides is 1. The smallest absolute Gasteiger partial charge is 0.237 e. The van der Waals surface area contributed by atoms with Crippen molar-refractivity contribution in [2.45, 2.75) is 32.5 Å². The topological polar surface area (TPSA) is 54.0 Å². The van der Waals surface area contributed by atoms with Crippen LogP contribution in [0.4, 0.5) is 0 Å². The lowest BCUT2D eigenvalue weighted by Gasteiger charge is -2.25. The second-order valence-corrected chi connectivity index (χ2v) is 6.04. The van der Waals surface area contributed by atoms with Crippen molar-refractivity contribution in [3.8, 4) is 0 Å². The fraction of sp³-hybridized carbons (Fsp3) is 0.333. The molecule has 0 saturated heterocycles. The van der Waals surface area contributed by atoms with E-state index in [0.29, 0.717) is 6.54 Å². The quantitative estimate of drug-likeness (QED) is 0.905. The molecule has 0 spiro atoms. The molecule has 104 valence electrons. The van der Waals surface area contributed by atoms with Gasteiger partial charge < -0.3 is 10.6 Å². The fourth-order valence-corrected chi connectivity index (χ4v) is 3.04. The number of rotatable bonds is 3. The van der Waals surface area contributed by atoms with Crippen LogP contribution in [-0.2, 0) is 24.3 Å². The highest BCUT2D eigenvalue weighted by molar-refractivity contribution is 7.09. The van der Waals surface area contributed by atoms with Crippen molar-refractivity contribution in [3.63, 3.8) is 0 Å². The van der Waals surface area contributed by atoms with E-state index in [1.807, 2.05) is 24.4 Å². The van der Waals surface area contributed by atoms with Gasteiger partial charge in [0.2, 0.25) is 5.91 Å². The Kier molecular flexibility index (Phi) is 3.80. The molecule has 5 heteroatoms. The Bertz CT molecular complexity index is 623. The van der Waals surface area contributed by atoms with Gasteiger partial charge in [0.25, 0.3) is 0 Å². The Balaban J connectivity index is 1.59. The minimum Gasteiger partial charge on any atom is -0.349 e. The lowest BCUT2D eigenvalue weighted by molar-refractivity contribution is -0.123. The number of benzene rings is 1. The third-order valence-electron chi connectivity index (χ3n) is 3.51. The first-order chi connectivity index (χ1) is 9.72. The van der Waals surface area contributed by atoms with Gasteiger partial charge in [0.15, 0.2) is 0 Å². The van der Waals surface area contributed by atoms with E-state index in [4.69, 9.17) is 0 Å². The number of thiazole rings is 1. The maximum absolute atomic E-state index is 12.2. The van der Waals surface area contributed by atoms with Crippen LogP contribution in [0.1, 0.15) is 21.8 Å². The minimum atomic E-state index is -0.148. The van der Waals surface area contributed by atoms with Crippen LogP contribution in [0.25, 0.3) is 0 Å². The highest BCUT2D eigenvalue weighted by atomic mass is 32.1. The molecule has 2 N–H and O–H groups in total. The van der Waals surface area contributed by atoms with Crippen molar-refractivity contribution in [2.75, 3.05) is 0 Å². The number of aryl methyl sites for hydroxylation is 1. The van der Waals surface area contributed by atoms with Gasteiger partial charge in [-0.05, 0) is 24.5 Å². The number of nitrogens with one attached hydrogen (secondary N) is 2. The Morgan fingerprint density at radius 1 is 1.45 bits per heavy atom. The molecule has 3 rings (SSSR count). The maximum atomic E-state index is 12.2. The molecule has 4 nitrogen and oxygen atoms in total. The monoisotopic (exact) mass is 287 g/mol. The first-order valence-electron chi connectivity index (χ1n) is 6.71. The van der Waals surface area contributed by atoms with Crippen molar-refractivity contribution in [1.29, 1.82) is 0 Å². The SMILES string of the molecule is Cc1nc(CNC(=O)C2Cc3ccccc3CN2)cs1. The highest BCUT2D eigenvalue weighted by Crippen LogP contribution is 2.16. The van der Waals surface area contributed by atoms with Gasteiger partial charge in [-0.15, -0.1) is 11.3 Å². The summed E-state index contributed by atoms with van der Waals surface area (Å²) in [5.74, 6) is 0.0464. The van der Waals surface area contributed by atoms with Crippen molar-refractivity contribution in [2.24, 2.45) is 0 Å². The minimum absolute atomic E-state index is 0.0464. The summed E-state index contributed by atoms with van der Waals surface area (Å²) < 4.78 is 0. The number of fused-ring (bicyclic) bond motifs is 1. The zero-order valence-corrected chi connectivity index (χ0v) is 12.2. The van der Waals surface area contributed by atoms with Crippen LogP contribution in [0.5, 0.6) is 0 Å². The third-order valence-corrected chi connectivity index (χ3v) is 4.33. The summed E-state index contributed by atoms with van der Waals surface area (Å²) in [6.45, 7) is 3.22. The third kappa shape index (κ3) is 2.89. The Labute approximate surface area is 122 Å². The zero-order valence-electron chi connectivity index (χ0n) is 11.3. The molecule has 1 amide bonds. The van der Waals surface area contributed by atoms with Crippen LogP contribution in [-0.4, -0.2) is 16.9 Å². The largest absolute Gasteiger partial charge is 0.349 e. The standard InChI is InChI=1S/C15H17N3OS/c1-10-18-13(9-20-10)8-17-15(19)14-6-11-4-2-3-5-12(11)7-16-14/h2-5,9,14,16H,6-8H2,1H3,(H,17,19). The molecule has 2 aromatic rings. The van der Waals surface area contributed by atoms with Crippen molar-refractivity contribution < 1.29 is 4.79 Å². The van der Waals surface area contributed by atoms with Gasteiger partial charge in [-0.25, -0.2) is 4.98 Å². The summed E-state index contributed by atoms with van der Waals surface area (Å²) in [5.41, 5.74) is 3.47. The van der Waals surface area contributed by atoms with Gasteiger partial charge in [0.05, 0.1) is 23.3 Å². The van der Waals surface area contributed by atoms with E-state index in [0.717, 1.165) is 23.7 Å². The molecule has 0 fully saturated rings. The highest BCUT2D eigenvalue weighted by Gasteiger charge is 2.23. The molecule has 2 heterocycles. The summed E-state index contributed by atoms with van der Waals surface area (Å²) >= 11 is 1.60. The Hall–Kier alpha value is -1.72. The molecule has 1 aromatic heterocycles. The summed E-state index contributed by atoms with van der Waals surface area (Å²) in [6, 6.07) is 8.11. The van der Waals surface area contributed by atoms with Crippen LogP contribution in [0.3, 0.4) is 0 Å². The number of nitrogens with zero attached hydrogens (tertiary/aromatic N) is 1. The molecule has 0 radical (unpaired) electrons. The second-order valence-electron chi connectivity index (χ2n) is 4.98. The van der Waals surface area contributed by atoms with Gasteiger partial charge in [0, 0.05) is 11.9 Å². The molecule has 1 unspecified atom stereocenters. The number of carbonyl (C=O) groups excluding carboxylic acids is 1. The fourth-order valence-electron chi connectivity index (χ4n) is 2.43. The number of hydrogen-bond donors (Lipinski definition) is 2. The first-order valence-corrected chi connectivity index (χ1v) is 7.59. The van der Waals surface area contributed by atoms with Gasteiger partial charge in [-0.3, -0.25) is 4.79 Å². The first kappa shape index (κ1) is 13.3. The molecule has 1 aliphatic rings. The summed E-state index contributed by atoms with van der Waals surface area (Å²) in [5, 5.41) is 9.25. The van der Waals surface area contributed by atoms with E-state index in [1.54, 1.807) is 11.3 Å². The van der Waals surface area contributed by atoms with Crippen LogP contribution in [0.2, 0.25) is 0 Å². The van der Waals surface area contributed by atoms with Crippen LogP contribution in [0, 0.1) is 6.92 Å². The van der Waals surface area contributed by atoms with Crippen molar-refractivity contribution >= 4 is 17.2 Å². The average Bonchev–Trinajstić information content (AvgIpc) is 2.90. The molecule has 0 saturated carbocycles. The zero-order chi connectivity index (χ0) is 13.9. The summed E-state index contributed by atoms with van der Waals surface area (Å²) in [4.78, 5) is 16.5. The summed E-state index contributed by atoms with van der Waals surface area (Å²) in [6.07, 6.45) is 0.748. The van der Waals surface area contributed by atoms with E-state index in [9.17, 15) is 4.79 Å². The Morgan fingerprint density at radius 3 is 3.00 bits per heavy atom. The molecule has 1 atom stereocenters. The van der Waals surface area contributed by atoms with E-state index in [2.05, 4.69) is 27.8 Å². The molecular formula is C15H17N3OS. The van der Waals surface area contributed by atoms with Crippen LogP contribution >= 0.6 is 11.3 Å². The molecule has 1 aliphatic heterocycles. The molecule has 20 heavy (non-hydrogen) atoms. The number of carbonyl (C=O) groups is 1. The molecule has 0 aliphatic carbocycles. The van der Waals surface area contributed by atoms with Gasteiger partial charge in [-0.1, -0.05) is 24.3 Å². The van der Waals surface area contributed by atoms with Crippen LogP contribution in [0.15, 0.2) is 29.6 Å². The summed E-state index contributed by atoms with van der Waals surface area (Å²) in [7, 11) is 0. The van der Waals surface area contributed by atoms with Gasteiger partial charge in [0.1, 0.15) is 0 Å². The van der Waals surface area contributed by atoms with Gasteiger partial charge >= 0.3 is 0 Å². The average molecular weight is 287 g/mol. The predicted molar refractivity (Wildman–Crippen MR) is 79.5 cm³/mol. The maximum Gasteiger partial charge on any atom is 0.237 e. The normalized spacial score (nSPS) is 17.6. The van der Waals surface area contributed by atoms with Crippen molar-refractivity contribution in [1.82, 2.24) is 15.6 Å². The molecule has 1 aromatic carbocycles. The van der Waals surface area contributed by atoms with E-state index >= 15 is 0 Å². The van der Waals surface area contributed by atoms with Crippen LogP contribution < -0.4 is 10.6 Å². The second kappa shape index (κ2) is 5.73. The Morgan fingerprint density at radius 2 is 2.25 bits per heavy atom. The predicted octanol–water partition coefficient (Wildman–Crippen LogP) is 1.78. The van der Waals surface area contributed by atoms with E-state index in [-0.39, 0.29) is 11.9 Å². The van der Waals surface area contributed by atoms with E-state index < -0.39 is 0 Å². The van der Waals surface area contributed by atoms with Crippen molar-refractivity contribution in [3.05, 3.63) is 51.5 Å².